The van der Waals surface area contributed by atoms with Gasteiger partial charge in [-0.2, -0.15) is 11.8 Å². The summed E-state index contributed by atoms with van der Waals surface area (Å²) in [5.41, 5.74) is 1.63. The third-order valence-corrected chi connectivity index (χ3v) is 6.41. The molecule has 1 N–H and O–H groups in total. The Hall–Kier alpha value is -0.460. The maximum absolute atomic E-state index is 12.0. The largest absolute Gasteiger partial charge is 0.376 e. The summed E-state index contributed by atoms with van der Waals surface area (Å²) in [5, 5.41) is 0.814. The third kappa shape index (κ3) is 2.33. The quantitative estimate of drug-likeness (QED) is 0.851. The van der Waals surface area contributed by atoms with E-state index in [1.165, 1.54) is 5.75 Å². The zero-order valence-electron chi connectivity index (χ0n) is 10.3. The Bertz CT molecular complexity index is 503. The highest BCUT2D eigenvalue weighted by Crippen LogP contribution is 2.40. The van der Waals surface area contributed by atoms with Crippen LogP contribution in [0.3, 0.4) is 0 Å². The highest BCUT2D eigenvalue weighted by atomic mass is 32.2. The van der Waals surface area contributed by atoms with Crippen LogP contribution in [0, 0.1) is 0 Å². The van der Waals surface area contributed by atoms with Crippen molar-refractivity contribution in [1.29, 1.82) is 0 Å². The molecule has 0 aromatic carbocycles. The van der Waals surface area contributed by atoms with E-state index in [1.807, 2.05) is 23.5 Å². The molecule has 98 valence electrons. The van der Waals surface area contributed by atoms with E-state index in [0.717, 1.165) is 23.7 Å². The Morgan fingerprint density at radius 2 is 2.22 bits per heavy atom. The van der Waals surface area contributed by atoms with Gasteiger partial charge >= 0.3 is 0 Å². The Kier molecular flexibility index (Phi) is 3.68. The molecule has 0 saturated carbocycles. The van der Waals surface area contributed by atoms with Crippen molar-refractivity contribution < 1.29 is 4.74 Å². The van der Waals surface area contributed by atoms with E-state index in [-0.39, 0.29) is 5.56 Å². The van der Waals surface area contributed by atoms with E-state index in [9.17, 15) is 4.79 Å². The van der Waals surface area contributed by atoms with Crippen LogP contribution in [0.4, 0.5) is 0 Å². The molecule has 0 spiro atoms. The summed E-state index contributed by atoms with van der Waals surface area (Å²) >= 11 is 3.86. The van der Waals surface area contributed by atoms with Crippen LogP contribution < -0.4 is 5.56 Å². The van der Waals surface area contributed by atoms with Gasteiger partial charge < -0.3 is 9.72 Å². The lowest BCUT2D eigenvalue weighted by Crippen LogP contribution is -2.28. The van der Waals surface area contributed by atoms with Gasteiger partial charge in [0.05, 0.1) is 29.7 Å². The molecule has 3 rings (SSSR count). The molecule has 1 fully saturated rings. The first-order chi connectivity index (χ1) is 8.75. The minimum absolute atomic E-state index is 0.0157. The second-order valence-electron chi connectivity index (χ2n) is 4.55. The molecule has 4 nitrogen and oxygen atoms in total. The number of nitrogens with zero attached hydrogens (tertiary/aromatic N) is 1. The van der Waals surface area contributed by atoms with Crippen molar-refractivity contribution in [3.8, 4) is 0 Å². The van der Waals surface area contributed by atoms with Crippen LogP contribution in [-0.2, 0) is 17.8 Å². The van der Waals surface area contributed by atoms with Gasteiger partial charge in [0.15, 0.2) is 0 Å². The molecule has 18 heavy (non-hydrogen) atoms. The van der Waals surface area contributed by atoms with Crippen molar-refractivity contribution in [3.63, 3.8) is 0 Å². The van der Waals surface area contributed by atoms with Gasteiger partial charge in [0.1, 0.15) is 5.82 Å². The van der Waals surface area contributed by atoms with Crippen LogP contribution >= 0.6 is 23.5 Å². The Morgan fingerprint density at radius 1 is 1.39 bits per heavy atom. The molecule has 2 aliphatic heterocycles. The van der Waals surface area contributed by atoms with E-state index < -0.39 is 0 Å². The molecule has 0 bridgehead atoms. The topological polar surface area (TPSA) is 55.0 Å². The summed E-state index contributed by atoms with van der Waals surface area (Å²) in [5.74, 6) is 3.17. The van der Waals surface area contributed by atoms with Gasteiger partial charge in [-0.15, -0.1) is 11.8 Å². The van der Waals surface area contributed by atoms with E-state index in [2.05, 4.69) is 16.9 Å². The van der Waals surface area contributed by atoms with E-state index in [4.69, 9.17) is 4.74 Å². The smallest absolute Gasteiger partial charge is 0.256 e. The normalized spacial score (nSPS) is 27.8. The van der Waals surface area contributed by atoms with Crippen molar-refractivity contribution in [2.24, 2.45) is 0 Å². The van der Waals surface area contributed by atoms with Crippen molar-refractivity contribution in [1.82, 2.24) is 9.97 Å². The summed E-state index contributed by atoms with van der Waals surface area (Å²) in [4.78, 5) is 19.7. The Labute approximate surface area is 114 Å². The highest BCUT2D eigenvalue weighted by molar-refractivity contribution is 8.06. The second kappa shape index (κ2) is 5.27. The number of aromatic nitrogens is 2. The molecule has 6 heteroatoms. The molecule has 0 amide bonds. The molecule has 1 saturated heterocycles. The average molecular weight is 284 g/mol. The fraction of sp³-hybridized carbons (Fsp3) is 0.667. The first-order valence-corrected chi connectivity index (χ1v) is 8.28. The van der Waals surface area contributed by atoms with E-state index in [1.54, 1.807) is 0 Å². The molecule has 2 aliphatic rings. The summed E-state index contributed by atoms with van der Waals surface area (Å²) in [6.07, 6.45) is 0.755. The predicted octanol–water partition coefficient (Wildman–Crippen LogP) is 1.75. The summed E-state index contributed by atoms with van der Waals surface area (Å²) in [6.45, 7) is 3.29. The van der Waals surface area contributed by atoms with Crippen LogP contribution in [0.1, 0.15) is 29.3 Å². The highest BCUT2D eigenvalue weighted by Gasteiger charge is 2.27. The van der Waals surface area contributed by atoms with Gasteiger partial charge in [-0.3, -0.25) is 4.79 Å². The van der Waals surface area contributed by atoms with Crippen molar-refractivity contribution in [2.45, 2.75) is 30.5 Å². The number of thioether (sulfide) groups is 2. The Morgan fingerprint density at radius 3 is 3.06 bits per heavy atom. The van der Waals surface area contributed by atoms with Gasteiger partial charge in [-0.25, -0.2) is 4.98 Å². The number of hydrogen-bond acceptors (Lipinski definition) is 5. The van der Waals surface area contributed by atoms with Crippen LogP contribution in [-0.4, -0.2) is 33.3 Å². The first kappa shape index (κ1) is 12.6. The molecule has 0 aliphatic carbocycles. The lowest BCUT2D eigenvalue weighted by atomic mass is 10.1. The molecule has 2 atom stereocenters. The number of aromatic amines is 1. The Balaban J connectivity index is 1.97. The first-order valence-electron chi connectivity index (χ1n) is 6.18. The number of nitrogens with one attached hydrogen (secondary N) is 1. The zero-order valence-corrected chi connectivity index (χ0v) is 11.9. The lowest BCUT2D eigenvalue weighted by Gasteiger charge is -2.27. The average Bonchev–Trinajstić information content (AvgIpc) is 2.39. The van der Waals surface area contributed by atoms with Gasteiger partial charge in [0, 0.05) is 23.2 Å². The van der Waals surface area contributed by atoms with E-state index in [0.29, 0.717) is 29.3 Å². The molecule has 1 aromatic heterocycles. The fourth-order valence-corrected chi connectivity index (χ4v) is 5.04. The number of rotatable bonds is 1. The minimum Gasteiger partial charge on any atom is -0.376 e. The molecule has 1 aromatic rings. The lowest BCUT2D eigenvalue weighted by molar-refractivity contribution is 0.108. The summed E-state index contributed by atoms with van der Waals surface area (Å²) in [7, 11) is 0. The SMILES string of the molecule is CC1SCCSC1c1nc2c(c(=O)[nH]1)COCC2. The van der Waals surface area contributed by atoms with Crippen LogP contribution in [0.15, 0.2) is 4.79 Å². The van der Waals surface area contributed by atoms with Crippen molar-refractivity contribution >= 4 is 23.5 Å². The maximum atomic E-state index is 12.0. The molecule has 2 unspecified atom stereocenters. The monoisotopic (exact) mass is 284 g/mol. The number of ether oxygens (including phenoxy) is 1. The van der Waals surface area contributed by atoms with Crippen LogP contribution in [0.25, 0.3) is 0 Å². The minimum atomic E-state index is -0.0157. The molecule has 0 radical (unpaired) electrons. The maximum Gasteiger partial charge on any atom is 0.256 e. The fourth-order valence-electron chi connectivity index (χ4n) is 2.33. The molecular formula is C12H16N2O2S2. The van der Waals surface area contributed by atoms with E-state index >= 15 is 0 Å². The standard InChI is InChI=1S/C12H16N2O2S2/c1-7-10(18-5-4-17-7)11-13-9-2-3-16-6-8(9)12(15)14-11/h7,10H,2-6H2,1H3,(H,13,14,15). The van der Waals surface area contributed by atoms with Gasteiger partial charge in [0.25, 0.3) is 5.56 Å². The van der Waals surface area contributed by atoms with Crippen molar-refractivity contribution in [2.75, 3.05) is 18.1 Å². The molecular weight excluding hydrogens is 268 g/mol. The van der Waals surface area contributed by atoms with Gasteiger partial charge in [0.2, 0.25) is 0 Å². The van der Waals surface area contributed by atoms with Gasteiger partial charge in [-0.05, 0) is 0 Å². The number of fused-ring (bicyclic) bond motifs is 1. The van der Waals surface area contributed by atoms with Crippen molar-refractivity contribution in [3.05, 3.63) is 27.4 Å². The zero-order chi connectivity index (χ0) is 12.5. The number of hydrogen-bond donors (Lipinski definition) is 1. The van der Waals surface area contributed by atoms with Crippen LogP contribution in [0.2, 0.25) is 0 Å². The third-order valence-electron chi connectivity index (χ3n) is 3.31. The van der Waals surface area contributed by atoms with Gasteiger partial charge in [-0.1, -0.05) is 6.92 Å². The second-order valence-corrected chi connectivity index (χ2v) is 7.28. The number of H-pyrrole nitrogens is 1. The van der Waals surface area contributed by atoms with Crippen LogP contribution in [0.5, 0.6) is 0 Å². The predicted molar refractivity (Wildman–Crippen MR) is 75.3 cm³/mol. The summed E-state index contributed by atoms with van der Waals surface area (Å²) in [6, 6.07) is 0. The summed E-state index contributed by atoms with van der Waals surface area (Å²) < 4.78 is 5.31. The molecule has 3 heterocycles.